The molecule has 0 N–H and O–H groups in total. The van der Waals surface area contributed by atoms with Gasteiger partial charge in [-0.3, -0.25) is 14.4 Å². The Balaban J connectivity index is 1.59. The first-order valence-electron chi connectivity index (χ1n) is 12.2. The van der Waals surface area contributed by atoms with Gasteiger partial charge in [-0.2, -0.15) is 0 Å². The summed E-state index contributed by atoms with van der Waals surface area (Å²) in [6, 6.07) is 18.0. The summed E-state index contributed by atoms with van der Waals surface area (Å²) in [5.74, 6) is -1.15. The fraction of sp³-hybridized carbons (Fsp3) is 0.167. The van der Waals surface area contributed by atoms with Crippen molar-refractivity contribution in [2.45, 2.75) is 12.0 Å². The van der Waals surface area contributed by atoms with E-state index in [4.69, 9.17) is 9.15 Å². The molecule has 0 saturated carbocycles. The zero-order valence-corrected chi connectivity index (χ0v) is 20.6. The minimum atomic E-state index is -1.75. The monoisotopic (exact) mass is 510 g/mol. The summed E-state index contributed by atoms with van der Waals surface area (Å²) in [6.45, 7) is 4.08. The summed E-state index contributed by atoms with van der Waals surface area (Å²) in [5, 5.41) is -0.0274. The van der Waals surface area contributed by atoms with Crippen molar-refractivity contribution in [1.29, 1.82) is 0 Å². The van der Waals surface area contributed by atoms with Crippen molar-refractivity contribution in [1.82, 2.24) is 4.90 Å². The van der Waals surface area contributed by atoms with Crippen LogP contribution in [-0.2, 0) is 16.8 Å². The molecule has 2 aliphatic rings. The van der Waals surface area contributed by atoms with Crippen LogP contribution in [-0.4, -0.2) is 36.9 Å². The molecule has 0 saturated heterocycles. The molecule has 7 nitrogen and oxygen atoms in total. The minimum absolute atomic E-state index is 0.0274. The van der Waals surface area contributed by atoms with E-state index in [0.717, 1.165) is 17.7 Å². The fourth-order valence-corrected chi connectivity index (χ4v) is 5.61. The summed E-state index contributed by atoms with van der Waals surface area (Å²) < 4.78 is 25.4. The smallest absolute Gasteiger partial charge is 0.291 e. The van der Waals surface area contributed by atoms with E-state index in [9.17, 15) is 18.8 Å². The fourth-order valence-electron chi connectivity index (χ4n) is 5.61. The average Bonchev–Trinajstić information content (AvgIpc) is 3.33. The number of benzene rings is 3. The number of ether oxygens (including phenoxy) is 1. The summed E-state index contributed by atoms with van der Waals surface area (Å²) in [5.41, 5.74) is -0.373. The van der Waals surface area contributed by atoms with Crippen LogP contribution in [0.2, 0.25) is 0 Å². The van der Waals surface area contributed by atoms with Gasteiger partial charge in [0.05, 0.1) is 23.7 Å². The van der Waals surface area contributed by atoms with Gasteiger partial charge in [0.15, 0.2) is 11.0 Å². The first-order valence-corrected chi connectivity index (χ1v) is 12.2. The van der Waals surface area contributed by atoms with Gasteiger partial charge in [-0.05, 0) is 48.4 Å². The van der Waals surface area contributed by atoms with E-state index in [1.54, 1.807) is 37.5 Å². The quantitative estimate of drug-likeness (QED) is 0.359. The zero-order chi connectivity index (χ0) is 26.6. The summed E-state index contributed by atoms with van der Waals surface area (Å²) >= 11 is 0. The molecule has 1 unspecified atom stereocenters. The molecule has 190 valence electrons. The largest absolute Gasteiger partial charge is 0.497 e. The molecule has 2 amide bonds. The number of halogens is 1. The van der Waals surface area contributed by atoms with E-state index < -0.39 is 28.6 Å². The highest BCUT2D eigenvalue weighted by Gasteiger charge is 2.64. The first kappa shape index (κ1) is 23.7. The number of carbonyl (C=O) groups is 2. The van der Waals surface area contributed by atoms with Crippen molar-refractivity contribution in [2.24, 2.45) is 0 Å². The summed E-state index contributed by atoms with van der Waals surface area (Å²) in [6.07, 6.45) is 2.00. The molecule has 2 aliphatic heterocycles. The number of fused-ring (bicyclic) bond motifs is 5. The lowest BCUT2D eigenvalue weighted by atomic mass is 9.83. The third-order valence-electron chi connectivity index (χ3n) is 7.29. The topological polar surface area (TPSA) is 80.1 Å². The average molecular weight is 511 g/mol. The highest BCUT2D eigenvalue weighted by atomic mass is 19.1. The Hall–Kier alpha value is -4.72. The number of anilines is 1. The van der Waals surface area contributed by atoms with Crippen molar-refractivity contribution in [3.8, 4) is 5.75 Å². The number of carbonyl (C=O) groups excluding carboxylic acids is 2. The zero-order valence-electron chi connectivity index (χ0n) is 20.6. The highest BCUT2D eigenvalue weighted by molar-refractivity contribution is 6.17. The maximum Gasteiger partial charge on any atom is 0.291 e. The van der Waals surface area contributed by atoms with Crippen LogP contribution < -0.4 is 15.1 Å². The number of hydrogen-bond donors (Lipinski definition) is 0. The van der Waals surface area contributed by atoms with Crippen molar-refractivity contribution >= 4 is 28.5 Å². The van der Waals surface area contributed by atoms with E-state index in [2.05, 4.69) is 6.58 Å². The second-order valence-corrected chi connectivity index (χ2v) is 9.26. The molecule has 8 heteroatoms. The van der Waals surface area contributed by atoms with E-state index in [1.807, 2.05) is 24.3 Å². The predicted molar refractivity (Wildman–Crippen MR) is 140 cm³/mol. The SMILES string of the molecule is C=CCN1C(=O)C2(c3ccccc31)c1c(oc3ccc(F)cc3c1=O)C(=O)N2CCc1ccc(OC)cc1. The molecule has 1 atom stereocenters. The van der Waals surface area contributed by atoms with Crippen LogP contribution >= 0.6 is 0 Å². The van der Waals surface area contributed by atoms with Crippen LogP contribution in [0.3, 0.4) is 0 Å². The molecule has 0 aliphatic carbocycles. The third-order valence-corrected chi connectivity index (χ3v) is 7.29. The molecule has 0 bridgehead atoms. The maximum atomic E-state index is 14.4. The van der Waals surface area contributed by atoms with Gasteiger partial charge in [-0.25, -0.2) is 4.39 Å². The number of para-hydroxylation sites is 1. The van der Waals surface area contributed by atoms with Crippen LogP contribution in [0.4, 0.5) is 10.1 Å². The molecule has 0 fully saturated rings. The number of rotatable bonds is 6. The minimum Gasteiger partial charge on any atom is -0.497 e. The van der Waals surface area contributed by atoms with Gasteiger partial charge < -0.3 is 19.0 Å². The van der Waals surface area contributed by atoms with Gasteiger partial charge in [0.2, 0.25) is 5.76 Å². The molecular weight excluding hydrogens is 487 g/mol. The number of nitrogens with zero attached hydrogens (tertiary/aromatic N) is 2. The van der Waals surface area contributed by atoms with Gasteiger partial charge in [-0.1, -0.05) is 36.4 Å². The number of hydrogen-bond acceptors (Lipinski definition) is 5. The Morgan fingerprint density at radius 2 is 1.82 bits per heavy atom. The van der Waals surface area contributed by atoms with E-state index >= 15 is 0 Å². The van der Waals surface area contributed by atoms with Crippen LogP contribution in [0.1, 0.15) is 27.2 Å². The Bertz CT molecular complexity index is 1690. The maximum absolute atomic E-state index is 14.4. The Morgan fingerprint density at radius 1 is 1.05 bits per heavy atom. The lowest BCUT2D eigenvalue weighted by molar-refractivity contribution is -0.125. The second kappa shape index (κ2) is 8.69. The molecule has 4 aromatic rings. The van der Waals surface area contributed by atoms with E-state index in [0.29, 0.717) is 23.4 Å². The van der Waals surface area contributed by atoms with Gasteiger partial charge in [-0.15, -0.1) is 6.58 Å². The first-order chi connectivity index (χ1) is 18.4. The molecule has 6 rings (SSSR count). The summed E-state index contributed by atoms with van der Waals surface area (Å²) in [7, 11) is 1.58. The van der Waals surface area contributed by atoms with Crippen molar-refractivity contribution in [3.05, 3.63) is 118 Å². The predicted octanol–water partition coefficient (Wildman–Crippen LogP) is 4.42. The molecule has 0 radical (unpaired) electrons. The van der Waals surface area contributed by atoms with Gasteiger partial charge in [0, 0.05) is 18.7 Å². The van der Waals surface area contributed by atoms with Gasteiger partial charge in [0.25, 0.3) is 11.8 Å². The lowest BCUT2D eigenvalue weighted by Gasteiger charge is -2.34. The highest BCUT2D eigenvalue weighted by Crippen LogP contribution is 2.52. The standard InChI is InChI=1S/C30H23FN2O5/c1-3-15-32-23-7-5-4-6-22(23)30(29(32)36)25-26(34)21-17-19(31)10-13-24(21)38-27(25)28(35)33(30)16-14-18-8-11-20(37-2)12-9-18/h3-13,17H,1,14-16H2,2H3. The van der Waals surface area contributed by atoms with Crippen molar-refractivity contribution in [2.75, 3.05) is 25.1 Å². The molecule has 1 aromatic heterocycles. The molecule has 38 heavy (non-hydrogen) atoms. The lowest BCUT2D eigenvalue weighted by Crippen LogP contribution is -2.54. The number of methoxy groups -OCH3 is 1. The van der Waals surface area contributed by atoms with Crippen LogP contribution in [0.5, 0.6) is 5.75 Å². The molecule has 3 heterocycles. The van der Waals surface area contributed by atoms with Gasteiger partial charge in [0.1, 0.15) is 17.1 Å². The Kier molecular flexibility index (Phi) is 5.41. The van der Waals surface area contributed by atoms with Crippen molar-refractivity contribution in [3.63, 3.8) is 0 Å². The summed E-state index contributed by atoms with van der Waals surface area (Å²) in [4.78, 5) is 45.2. The van der Waals surface area contributed by atoms with Crippen LogP contribution in [0.25, 0.3) is 11.0 Å². The van der Waals surface area contributed by atoms with E-state index in [1.165, 1.54) is 15.9 Å². The van der Waals surface area contributed by atoms with Crippen molar-refractivity contribution < 1.29 is 23.1 Å². The normalized spacial score (nSPS) is 17.8. The molecule has 1 spiro atoms. The van der Waals surface area contributed by atoms with Crippen LogP contribution in [0, 0.1) is 5.82 Å². The molecular formula is C30H23FN2O5. The molecule has 3 aromatic carbocycles. The van der Waals surface area contributed by atoms with Crippen LogP contribution in [0.15, 0.2) is 88.6 Å². The Labute approximate surface area is 217 Å². The number of amides is 2. The Morgan fingerprint density at radius 3 is 2.55 bits per heavy atom. The third kappa shape index (κ3) is 3.16. The van der Waals surface area contributed by atoms with E-state index in [-0.39, 0.29) is 35.4 Å². The second-order valence-electron chi connectivity index (χ2n) is 9.26. The van der Waals surface area contributed by atoms with Gasteiger partial charge >= 0.3 is 0 Å².